The van der Waals surface area contributed by atoms with Crippen LogP contribution in [0.3, 0.4) is 0 Å². The zero-order chi connectivity index (χ0) is 21.1. The summed E-state index contributed by atoms with van der Waals surface area (Å²) >= 11 is 5.60. The van der Waals surface area contributed by atoms with Gasteiger partial charge in [-0.05, 0) is 47.7 Å². The topological polar surface area (TPSA) is 38.3 Å². The molecule has 2 aromatic carbocycles. The van der Waals surface area contributed by atoms with E-state index in [1.165, 1.54) is 6.07 Å². The van der Waals surface area contributed by atoms with E-state index in [1.807, 2.05) is 12.1 Å². The van der Waals surface area contributed by atoms with Gasteiger partial charge in [-0.15, -0.1) is 0 Å². The van der Waals surface area contributed by atoms with E-state index in [1.54, 1.807) is 19.1 Å². The van der Waals surface area contributed by atoms with Crippen LogP contribution in [0.2, 0.25) is 5.02 Å². The maximum Gasteiger partial charge on any atom is 0.417 e. The van der Waals surface area contributed by atoms with E-state index in [-0.39, 0.29) is 11.1 Å². The Morgan fingerprint density at radius 2 is 1.71 bits per heavy atom. The van der Waals surface area contributed by atoms with Crippen LogP contribution in [0.25, 0.3) is 0 Å². The molecule has 1 amide bonds. The van der Waals surface area contributed by atoms with Crippen LogP contribution in [0.4, 0.5) is 18.9 Å². The van der Waals surface area contributed by atoms with Crippen molar-refractivity contribution >= 4 is 23.2 Å². The molecule has 0 aliphatic carbocycles. The third-order valence-corrected chi connectivity index (χ3v) is 4.53. The van der Waals surface area contributed by atoms with Gasteiger partial charge in [-0.3, -0.25) is 4.79 Å². The normalized spacial score (nSPS) is 13.1. The Morgan fingerprint density at radius 1 is 1.11 bits per heavy atom. The van der Waals surface area contributed by atoms with Crippen molar-refractivity contribution in [2.45, 2.75) is 51.8 Å². The van der Waals surface area contributed by atoms with Crippen molar-refractivity contribution in [1.29, 1.82) is 0 Å². The zero-order valence-electron chi connectivity index (χ0n) is 16.2. The molecule has 2 aromatic rings. The average Bonchev–Trinajstić information content (AvgIpc) is 2.59. The third-order valence-electron chi connectivity index (χ3n) is 4.20. The number of alkyl halides is 3. The SMILES string of the molecule is CCC(Oc1ccc(C(C)(C)C)cc1)C(=O)Nc1ccc(Cl)c(C(F)(F)F)c1. The molecule has 7 heteroatoms. The molecular formula is C21H23ClF3NO2. The van der Waals surface area contributed by atoms with E-state index >= 15 is 0 Å². The minimum Gasteiger partial charge on any atom is -0.481 e. The molecule has 1 atom stereocenters. The van der Waals surface area contributed by atoms with Crippen LogP contribution >= 0.6 is 11.6 Å². The van der Waals surface area contributed by atoms with Crippen molar-refractivity contribution < 1.29 is 22.7 Å². The summed E-state index contributed by atoms with van der Waals surface area (Å²) in [5.74, 6) is -0.0140. The second kappa shape index (κ2) is 8.43. The summed E-state index contributed by atoms with van der Waals surface area (Å²) in [6, 6.07) is 10.6. The summed E-state index contributed by atoms with van der Waals surface area (Å²) in [4.78, 5) is 12.5. The molecule has 0 bridgehead atoms. The summed E-state index contributed by atoms with van der Waals surface area (Å²) in [5.41, 5.74) is 0.119. The van der Waals surface area contributed by atoms with Crippen LogP contribution in [0.15, 0.2) is 42.5 Å². The monoisotopic (exact) mass is 413 g/mol. The Hall–Kier alpha value is -2.21. The highest BCUT2D eigenvalue weighted by molar-refractivity contribution is 6.31. The number of carbonyl (C=O) groups excluding carboxylic acids is 1. The van der Waals surface area contributed by atoms with Crippen molar-refractivity contribution in [2.24, 2.45) is 0 Å². The highest BCUT2D eigenvalue weighted by Gasteiger charge is 2.33. The molecule has 0 aliphatic rings. The number of carbonyl (C=O) groups is 1. The number of halogens is 4. The molecule has 0 heterocycles. The first-order chi connectivity index (χ1) is 12.9. The Bertz CT molecular complexity index is 827. The maximum absolute atomic E-state index is 13.0. The quantitative estimate of drug-likeness (QED) is 0.611. The van der Waals surface area contributed by atoms with Crippen LogP contribution < -0.4 is 10.1 Å². The van der Waals surface area contributed by atoms with Crippen LogP contribution in [0.5, 0.6) is 5.75 Å². The van der Waals surface area contributed by atoms with Crippen LogP contribution in [-0.4, -0.2) is 12.0 Å². The lowest BCUT2D eigenvalue weighted by atomic mass is 9.87. The second-order valence-corrected chi connectivity index (χ2v) is 7.88. The Kier molecular flexibility index (Phi) is 6.65. The fourth-order valence-electron chi connectivity index (χ4n) is 2.56. The number of amides is 1. The molecule has 0 aliphatic heterocycles. The van der Waals surface area contributed by atoms with Gasteiger partial charge in [0.05, 0.1) is 10.6 Å². The lowest BCUT2D eigenvalue weighted by molar-refractivity contribution is -0.137. The molecule has 0 saturated carbocycles. The van der Waals surface area contributed by atoms with E-state index < -0.39 is 28.8 Å². The highest BCUT2D eigenvalue weighted by Crippen LogP contribution is 2.36. The molecule has 0 saturated heterocycles. The number of benzene rings is 2. The Morgan fingerprint density at radius 3 is 2.21 bits per heavy atom. The predicted octanol–water partition coefficient (Wildman–Crippen LogP) is 6.45. The van der Waals surface area contributed by atoms with Crippen LogP contribution in [0.1, 0.15) is 45.2 Å². The number of nitrogens with one attached hydrogen (secondary N) is 1. The molecule has 3 nitrogen and oxygen atoms in total. The molecule has 0 fully saturated rings. The lowest BCUT2D eigenvalue weighted by Crippen LogP contribution is -2.32. The molecule has 0 spiro atoms. The zero-order valence-corrected chi connectivity index (χ0v) is 16.9. The Balaban J connectivity index is 2.12. The van der Waals surface area contributed by atoms with Gasteiger partial charge in [-0.2, -0.15) is 13.2 Å². The second-order valence-electron chi connectivity index (χ2n) is 7.47. The molecule has 0 radical (unpaired) electrons. The van der Waals surface area contributed by atoms with Crippen LogP contribution in [-0.2, 0) is 16.4 Å². The Labute approximate surface area is 167 Å². The van der Waals surface area contributed by atoms with Gasteiger partial charge in [0.1, 0.15) is 5.75 Å². The molecule has 2 rings (SSSR count). The van der Waals surface area contributed by atoms with Crippen molar-refractivity contribution in [2.75, 3.05) is 5.32 Å². The first-order valence-corrected chi connectivity index (χ1v) is 9.24. The predicted molar refractivity (Wildman–Crippen MR) is 105 cm³/mol. The number of ether oxygens (including phenoxy) is 1. The average molecular weight is 414 g/mol. The van der Waals surface area contributed by atoms with Crippen LogP contribution in [0, 0.1) is 0 Å². The first-order valence-electron chi connectivity index (χ1n) is 8.86. The molecule has 28 heavy (non-hydrogen) atoms. The highest BCUT2D eigenvalue weighted by atomic mass is 35.5. The summed E-state index contributed by atoms with van der Waals surface area (Å²) < 4.78 is 44.6. The summed E-state index contributed by atoms with van der Waals surface area (Å²) in [6.45, 7) is 8.03. The number of hydrogen-bond acceptors (Lipinski definition) is 2. The minimum absolute atomic E-state index is 0.00635. The fraction of sp³-hybridized carbons (Fsp3) is 0.381. The van der Waals surface area contributed by atoms with Gasteiger partial charge >= 0.3 is 6.18 Å². The molecule has 152 valence electrons. The standard InChI is InChI=1S/C21H23ClF3NO2/c1-5-18(28-15-9-6-13(7-10-15)20(2,3)4)19(27)26-14-8-11-17(22)16(12-14)21(23,24)25/h6-12,18H,5H2,1-4H3,(H,26,27). The van der Waals surface area contributed by atoms with Crippen molar-refractivity contribution in [3.05, 3.63) is 58.6 Å². The van der Waals surface area contributed by atoms with Gasteiger partial charge in [0.2, 0.25) is 0 Å². The smallest absolute Gasteiger partial charge is 0.417 e. The summed E-state index contributed by atoms with van der Waals surface area (Å²) in [5, 5.41) is 2.04. The maximum atomic E-state index is 13.0. The van der Waals surface area contributed by atoms with Crippen molar-refractivity contribution in [3.8, 4) is 5.75 Å². The molecule has 0 aromatic heterocycles. The van der Waals surface area contributed by atoms with E-state index in [9.17, 15) is 18.0 Å². The van der Waals surface area contributed by atoms with Gasteiger partial charge < -0.3 is 10.1 Å². The van der Waals surface area contributed by atoms with E-state index in [0.717, 1.165) is 17.7 Å². The first kappa shape index (κ1) is 22.1. The van der Waals surface area contributed by atoms with Gasteiger partial charge in [-0.25, -0.2) is 0 Å². The fourth-order valence-corrected chi connectivity index (χ4v) is 2.79. The summed E-state index contributed by atoms with van der Waals surface area (Å²) in [6.07, 6.45) is -5.09. The van der Waals surface area contributed by atoms with E-state index in [0.29, 0.717) is 12.2 Å². The van der Waals surface area contributed by atoms with Gasteiger partial charge in [0.25, 0.3) is 5.91 Å². The van der Waals surface area contributed by atoms with Gasteiger partial charge in [0, 0.05) is 5.69 Å². The number of anilines is 1. The molecule has 1 unspecified atom stereocenters. The largest absolute Gasteiger partial charge is 0.481 e. The lowest BCUT2D eigenvalue weighted by Gasteiger charge is -2.21. The van der Waals surface area contributed by atoms with Gasteiger partial charge in [-0.1, -0.05) is 51.4 Å². The molecular weight excluding hydrogens is 391 g/mol. The van der Waals surface area contributed by atoms with Crippen molar-refractivity contribution in [3.63, 3.8) is 0 Å². The number of hydrogen-bond donors (Lipinski definition) is 1. The third kappa shape index (κ3) is 5.64. The number of rotatable bonds is 5. The minimum atomic E-state index is -4.60. The van der Waals surface area contributed by atoms with E-state index in [2.05, 4.69) is 26.1 Å². The van der Waals surface area contributed by atoms with Crippen molar-refractivity contribution in [1.82, 2.24) is 0 Å². The molecule has 1 N–H and O–H groups in total. The van der Waals surface area contributed by atoms with E-state index in [4.69, 9.17) is 16.3 Å². The van der Waals surface area contributed by atoms with Gasteiger partial charge in [0.15, 0.2) is 6.10 Å². The summed E-state index contributed by atoms with van der Waals surface area (Å²) in [7, 11) is 0.